The van der Waals surface area contributed by atoms with Crippen LogP contribution in [-0.2, 0) is 4.79 Å². The summed E-state index contributed by atoms with van der Waals surface area (Å²) >= 11 is 12.8. The molecule has 0 bridgehead atoms. The fourth-order valence-electron chi connectivity index (χ4n) is 3.62. The Bertz CT molecular complexity index is 958. The summed E-state index contributed by atoms with van der Waals surface area (Å²) in [6.45, 7) is 0. The van der Waals surface area contributed by atoms with Crippen LogP contribution in [-0.4, -0.2) is 21.8 Å². The van der Waals surface area contributed by atoms with E-state index < -0.39 is 11.7 Å². The number of nitrogens with one attached hydrogen (secondary N) is 2. The van der Waals surface area contributed by atoms with Crippen molar-refractivity contribution in [2.75, 3.05) is 10.6 Å². The maximum Gasteiger partial charge on any atom is 0.269 e. The van der Waals surface area contributed by atoms with Crippen molar-refractivity contribution in [3.05, 3.63) is 38.9 Å². The Morgan fingerprint density at radius 2 is 2.23 bits per heavy atom. The number of fused-ring (bicyclic) bond motifs is 3. The maximum atomic E-state index is 13.3. The quantitative estimate of drug-likeness (QED) is 0.562. The number of hydrogen-bond acceptors (Lipinski definition) is 4. The molecular weight excluding hydrogens is 397 g/mol. The number of benzene rings is 1. The van der Waals surface area contributed by atoms with Gasteiger partial charge in [-0.2, -0.15) is 0 Å². The summed E-state index contributed by atoms with van der Waals surface area (Å²) < 4.78 is 15.7. The lowest BCUT2D eigenvalue weighted by molar-refractivity contribution is -0.123. The molecule has 2 aliphatic rings. The van der Waals surface area contributed by atoms with Gasteiger partial charge >= 0.3 is 0 Å². The van der Waals surface area contributed by atoms with E-state index in [9.17, 15) is 14.0 Å². The highest BCUT2D eigenvalue weighted by Gasteiger charge is 2.42. The Morgan fingerprint density at radius 1 is 1.42 bits per heavy atom. The van der Waals surface area contributed by atoms with Gasteiger partial charge < -0.3 is 15.2 Å². The van der Waals surface area contributed by atoms with Crippen molar-refractivity contribution in [2.24, 2.45) is 5.92 Å². The largest absolute Gasteiger partial charge is 0.321 e. The van der Waals surface area contributed by atoms with E-state index in [1.807, 2.05) is 4.57 Å². The zero-order valence-corrected chi connectivity index (χ0v) is 15.9. The lowest BCUT2D eigenvalue weighted by Gasteiger charge is -2.38. The Labute approximate surface area is 163 Å². The van der Waals surface area contributed by atoms with Crippen molar-refractivity contribution in [1.29, 1.82) is 0 Å². The van der Waals surface area contributed by atoms with Gasteiger partial charge in [-0.1, -0.05) is 17.4 Å². The molecule has 1 aromatic heterocycles. The van der Waals surface area contributed by atoms with Gasteiger partial charge in [-0.25, -0.2) is 4.39 Å². The summed E-state index contributed by atoms with van der Waals surface area (Å²) in [5.74, 6) is -0.811. The van der Waals surface area contributed by atoms with Gasteiger partial charge in [-0.3, -0.25) is 9.59 Å². The van der Waals surface area contributed by atoms with Crippen LogP contribution in [0.2, 0.25) is 0 Å². The molecule has 1 aromatic carbocycles. The fraction of sp³-hybridized carbons (Fsp3) is 0.353. The molecule has 1 aliphatic carbocycles. The van der Waals surface area contributed by atoms with Crippen molar-refractivity contribution in [1.82, 2.24) is 4.57 Å². The number of hydrogen-bond donors (Lipinski definition) is 2. The summed E-state index contributed by atoms with van der Waals surface area (Å²) in [6, 6.07) is 5.56. The number of aromatic nitrogens is 1. The molecule has 2 heterocycles. The Balaban J connectivity index is 1.68. The molecule has 2 N–H and O–H groups in total. The van der Waals surface area contributed by atoms with Crippen LogP contribution in [0.1, 0.15) is 35.0 Å². The Morgan fingerprint density at radius 3 is 3.00 bits per heavy atom. The molecule has 3 atom stereocenters. The van der Waals surface area contributed by atoms with Crippen molar-refractivity contribution >= 4 is 58.5 Å². The number of rotatable bonds is 2. The molecule has 1 fully saturated rings. The van der Waals surface area contributed by atoms with Gasteiger partial charge in [0.25, 0.3) is 5.91 Å². The van der Waals surface area contributed by atoms with Crippen LogP contribution in [0.4, 0.5) is 15.9 Å². The molecule has 2 amide bonds. The van der Waals surface area contributed by atoms with Crippen LogP contribution < -0.4 is 10.6 Å². The maximum absolute atomic E-state index is 13.3. The third-order valence-electron chi connectivity index (χ3n) is 4.79. The second-order valence-electron chi connectivity index (χ2n) is 6.45. The molecule has 5 nitrogen and oxygen atoms in total. The molecule has 0 saturated heterocycles. The van der Waals surface area contributed by atoms with Crippen LogP contribution >= 0.6 is 35.2 Å². The van der Waals surface area contributed by atoms with E-state index in [4.69, 9.17) is 23.8 Å². The van der Waals surface area contributed by atoms with Gasteiger partial charge in [0.15, 0.2) is 3.95 Å². The van der Waals surface area contributed by atoms with Crippen molar-refractivity contribution in [3.63, 3.8) is 0 Å². The first-order valence-electron chi connectivity index (χ1n) is 8.21. The predicted molar refractivity (Wildman–Crippen MR) is 102 cm³/mol. The van der Waals surface area contributed by atoms with Gasteiger partial charge in [0.1, 0.15) is 16.5 Å². The molecule has 9 heteroatoms. The van der Waals surface area contributed by atoms with E-state index in [-0.39, 0.29) is 23.2 Å². The van der Waals surface area contributed by atoms with E-state index in [1.54, 1.807) is 6.07 Å². The van der Waals surface area contributed by atoms with Gasteiger partial charge in [0, 0.05) is 17.1 Å². The summed E-state index contributed by atoms with van der Waals surface area (Å²) in [6.07, 6.45) is 2.15. The minimum Gasteiger partial charge on any atom is -0.321 e. The second-order valence-corrected chi connectivity index (χ2v) is 8.72. The Hall–Kier alpha value is -1.77. The zero-order valence-electron chi connectivity index (χ0n) is 13.5. The van der Waals surface area contributed by atoms with E-state index in [0.29, 0.717) is 26.8 Å². The number of amides is 2. The topological polar surface area (TPSA) is 63.1 Å². The first kappa shape index (κ1) is 17.6. The highest BCUT2D eigenvalue weighted by Crippen LogP contribution is 2.44. The van der Waals surface area contributed by atoms with Gasteiger partial charge in [0.05, 0.1) is 5.92 Å². The molecule has 26 heavy (non-hydrogen) atoms. The van der Waals surface area contributed by atoms with Crippen LogP contribution in [0.25, 0.3) is 0 Å². The molecule has 3 unspecified atom stereocenters. The standard InChI is InChI=1S/C17H15ClFN3O2S2/c18-8-4-5-12-11(6-8)15(23)21-14-13(26-17(25)22(12)14)16(24)20-10-3-1-2-9(19)7-10/h1-3,7-8,11-12H,4-6H2,(H,20,24)(H,21,23). The summed E-state index contributed by atoms with van der Waals surface area (Å²) in [5, 5.41) is 5.46. The monoisotopic (exact) mass is 411 g/mol. The molecule has 4 rings (SSSR count). The SMILES string of the molecule is O=C(Nc1cccc(F)c1)c1sc(=S)n2c1NC(=O)C1CC(Cl)CCC12. The molecule has 1 saturated carbocycles. The highest BCUT2D eigenvalue weighted by molar-refractivity contribution is 7.73. The highest BCUT2D eigenvalue weighted by atomic mass is 35.5. The van der Waals surface area contributed by atoms with Crippen molar-refractivity contribution in [3.8, 4) is 0 Å². The minimum atomic E-state index is -0.441. The number of nitrogens with zero attached hydrogens (tertiary/aromatic N) is 1. The molecule has 136 valence electrons. The number of thiazole rings is 1. The molecular formula is C17H15ClFN3O2S2. The van der Waals surface area contributed by atoms with Crippen molar-refractivity contribution < 1.29 is 14.0 Å². The van der Waals surface area contributed by atoms with Crippen molar-refractivity contribution in [2.45, 2.75) is 30.7 Å². The van der Waals surface area contributed by atoms with E-state index in [2.05, 4.69) is 10.6 Å². The molecule has 0 spiro atoms. The summed E-state index contributed by atoms with van der Waals surface area (Å²) in [5.41, 5.74) is 0.343. The van der Waals surface area contributed by atoms with E-state index in [1.165, 1.54) is 18.2 Å². The first-order chi connectivity index (χ1) is 12.4. The third kappa shape index (κ3) is 3.06. The lowest BCUT2D eigenvalue weighted by Crippen LogP contribution is -2.41. The van der Waals surface area contributed by atoms with Gasteiger partial charge in [-0.05, 0) is 49.7 Å². The second kappa shape index (κ2) is 6.75. The number of carbonyl (C=O) groups excluding carboxylic acids is 2. The van der Waals surface area contributed by atoms with Gasteiger partial charge in [0.2, 0.25) is 5.91 Å². The van der Waals surface area contributed by atoms with E-state index >= 15 is 0 Å². The molecule has 2 aromatic rings. The lowest BCUT2D eigenvalue weighted by atomic mass is 9.82. The smallest absolute Gasteiger partial charge is 0.269 e. The number of anilines is 2. The third-order valence-corrected chi connectivity index (χ3v) is 6.59. The molecule has 1 aliphatic heterocycles. The van der Waals surface area contributed by atoms with Crippen LogP contribution in [0.15, 0.2) is 24.3 Å². The van der Waals surface area contributed by atoms with Crippen LogP contribution in [0.5, 0.6) is 0 Å². The molecule has 0 radical (unpaired) electrons. The Kier molecular flexibility index (Phi) is 4.58. The predicted octanol–water partition coefficient (Wildman–Crippen LogP) is 4.57. The average molecular weight is 412 g/mol. The zero-order chi connectivity index (χ0) is 18.4. The minimum absolute atomic E-state index is 0.0212. The number of halogens is 2. The number of alkyl halides is 1. The fourth-order valence-corrected chi connectivity index (χ4v) is 5.30. The van der Waals surface area contributed by atoms with E-state index in [0.717, 1.165) is 24.2 Å². The summed E-state index contributed by atoms with van der Waals surface area (Å²) in [7, 11) is 0. The average Bonchev–Trinajstić information content (AvgIpc) is 2.92. The van der Waals surface area contributed by atoms with Crippen LogP contribution in [0.3, 0.4) is 0 Å². The van der Waals surface area contributed by atoms with Gasteiger partial charge in [-0.15, -0.1) is 11.6 Å². The normalized spacial score (nSPS) is 24.4. The summed E-state index contributed by atoms with van der Waals surface area (Å²) in [4.78, 5) is 25.5. The number of carbonyl (C=O) groups is 2. The first-order valence-corrected chi connectivity index (χ1v) is 9.87. The van der Waals surface area contributed by atoms with Crippen LogP contribution in [0, 0.1) is 15.7 Å².